The highest BCUT2D eigenvalue weighted by molar-refractivity contribution is 5.30. The Balaban J connectivity index is 2.35. The van der Waals surface area contributed by atoms with Crippen molar-refractivity contribution in [2.75, 3.05) is 14.2 Å². The van der Waals surface area contributed by atoms with Crippen LogP contribution in [0, 0.1) is 5.82 Å². The summed E-state index contributed by atoms with van der Waals surface area (Å²) in [6.45, 7) is 0. The van der Waals surface area contributed by atoms with Crippen molar-refractivity contribution in [2.45, 2.75) is 6.04 Å². The van der Waals surface area contributed by atoms with Gasteiger partial charge in [0, 0.05) is 13.1 Å². The smallest absolute Gasteiger partial charge is 0.211 e. The molecule has 1 heterocycles. The van der Waals surface area contributed by atoms with Crippen LogP contribution in [0.3, 0.4) is 0 Å². The zero-order chi connectivity index (χ0) is 13.1. The summed E-state index contributed by atoms with van der Waals surface area (Å²) in [5.74, 6) is 0.444. The SMILES string of the molecule is CNC(c1ccc(F)cc1)c1cc(OC)n(C)n1. The summed E-state index contributed by atoms with van der Waals surface area (Å²) >= 11 is 0. The van der Waals surface area contributed by atoms with Crippen molar-refractivity contribution in [1.29, 1.82) is 0 Å². The highest BCUT2D eigenvalue weighted by Crippen LogP contribution is 2.23. The Morgan fingerprint density at radius 1 is 1.33 bits per heavy atom. The Morgan fingerprint density at radius 3 is 2.50 bits per heavy atom. The minimum absolute atomic E-state index is 0.0827. The standard InChI is InChI=1S/C13H16FN3O/c1-15-13(9-4-6-10(14)7-5-9)11-8-12(18-3)17(2)16-11/h4-8,13,15H,1-3H3. The predicted molar refractivity (Wildman–Crippen MR) is 67.1 cm³/mol. The number of rotatable bonds is 4. The van der Waals surface area contributed by atoms with E-state index in [0.717, 1.165) is 11.3 Å². The molecule has 2 aromatic rings. The van der Waals surface area contributed by atoms with Crippen LogP contribution >= 0.6 is 0 Å². The Labute approximate surface area is 105 Å². The number of ether oxygens (including phenoxy) is 1. The summed E-state index contributed by atoms with van der Waals surface area (Å²) in [5.41, 5.74) is 1.79. The first-order chi connectivity index (χ1) is 8.65. The minimum Gasteiger partial charge on any atom is -0.481 e. The second-order valence-corrected chi connectivity index (χ2v) is 4.01. The molecular formula is C13H16FN3O. The fraction of sp³-hybridized carbons (Fsp3) is 0.308. The number of hydrogen-bond donors (Lipinski definition) is 1. The summed E-state index contributed by atoms with van der Waals surface area (Å²) in [4.78, 5) is 0. The number of benzene rings is 1. The molecule has 0 saturated carbocycles. The second-order valence-electron chi connectivity index (χ2n) is 4.01. The first-order valence-corrected chi connectivity index (χ1v) is 5.66. The van der Waals surface area contributed by atoms with E-state index in [-0.39, 0.29) is 11.9 Å². The topological polar surface area (TPSA) is 39.1 Å². The van der Waals surface area contributed by atoms with Crippen LogP contribution in [0.5, 0.6) is 5.88 Å². The van der Waals surface area contributed by atoms with E-state index in [2.05, 4.69) is 10.4 Å². The van der Waals surface area contributed by atoms with Crippen LogP contribution in [0.2, 0.25) is 0 Å². The van der Waals surface area contributed by atoms with Crippen molar-refractivity contribution in [3.63, 3.8) is 0 Å². The first kappa shape index (κ1) is 12.6. The van der Waals surface area contributed by atoms with Gasteiger partial charge in [-0.3, -0.25) is 0 Å². The number of halogens is 1. The van der Waals surface area contributed by atoms with Gasteiger partial charge in [-0.2, -0.15) is 5.10 Å². The van der Waals surface area contributed by atoms with E-state index in [9.17, 15) is 4.39 Å². The maximum atomic E-state index is 12.9. The van der Waals surface area contributed by atoms with Crippen LogP contribution in [0.25, 0.3) is 0 Å². The number of nitrogens with one attached hydrogen (secondary N) is 1. The third-order valence-corrected chi connectivity index (χ3v) is 2.85. The summed E-state index contributed by atoms with van der Waals surface area (Å²) in [6.07, 6.45) is 0. The lowest BCUT2D eigenvalue weighted by Gasteiger charge is -2.13. The van der Waals surface area contributed by atoms with E-state index < -0.39 is 0 Å². The lowest BCUT2D eigenvalue weighted by Crippen LogP contribution is -2.18. The molecule has 0 radical (unpaired) electrons. The Bertz CT molecular complexity index is 522. The van der Waals surface area contributed by atoms with Crippen molar-refractivity contribution < 1.29 is 9.13 Å². The highest BCUT2D eigenvalue weighted by atomic mass is 19.1. The second kappa shape index (κ2) is 5.18. The molecule has 1 N–H and O–H groups in total. The molecule has 2 rings (SSSR count). The van der Waals surface area contributed by atoms with Crippen molar-refractivity contribution in [3.05, 3.63) is 47.4 Å². The van der Waals surface area contributed by atoms with Gasteiger partial charge in [-0.25, -0.2) is 9.07 Å². The van der Waals surface area contributed by atoms with Gasteiger partial charge >= 0.3 is 0 Å². The van der Waals surface area contributed by atoms with Gasteiger partial charge in [0.2, 0.25) is 5.88 Å². The normalized spacial score (nSPS) is 12.4. The number of hydrogen-bond acceptors (Lipinski definition) is 3. The van der Waals surface area contributed by atoms with Gasteiger partial charge in [0.1, 0.15) is 5.82 Å². The van der Waals surface area contributed by atoms with Crippen molar-refractivity contribution >= 4 is 0 Å². The Morgan fingerprint density at radius 2 is 2.00 bits per heavy atom. The highest BCUT2D eigenvalue weighted by Gasteiger charge is 2.17. The molecule has 1 atom stereocenters. The lowest BCUT2D eigenvalue weighted by molar-refractivity contribution is 0.373. The maximum Gasteiger partial charge on any atom is 0.211 e. The molecule has 0 aliphatic carbocycles. The molecule has 0 saturated heterocycles. The van der Waals surface area contributed by atoms with E-state index in [1.807, 2.05) is 20.2 Å². The molecule has 0 bridgehead atoms. The van der Waals surface area contributed by atoms with Gasteiger partial charge in [-0.05, 0) is 24.7 Å². The fourth-order valence-electron chi connectivity index (χ4n) is 1.94. The Kier molecular flexibility index (Phi) is 3.62. The molecule has 0 aliphatic heterocycles. The number of methoxy groups -OCH3 is 1. The zero-order valence-corrected chi connectivity index (χ0v) is 10.6. The van der Waals surface area contributed by atoms with Crippen LogP contribution in [-0.2, 0) is 7.05 Å². The molecule has 1 aromatic heterocycles. The van der Waals surface area contributed by atoms with Crippen LogP contribution in [0.1, 0.15) is 17.3 Å². The summed E-state index contributed by atoms with van der Waals surface area (Å²) in [5, 5.41) is 7.55. The Hall–Kier alpha value is -1.88. The predicted octanol–water partition coefficient (Wildman–Crippen LogP) is 1.88. The summed E-state index contributed by atoms with van der Waals surface area (Å²) in [6, 6.07) is 8.17. The molecule has 0 aliphatic rings. The van der Waals surface area contributed by atoms with Gasteiger partial charge in [0.05, 0.1) is 18.8 Å². The summed E-state index contributed by atoms with van der Waals surface area (Å²) < 4.78 is 19.8. The molecule has 0 fully saturated rings. The van der Waals surface area contributed by atoms with Gasteiger partial charge in [0.25, 0.3) is 0 Å². The first-order valence-electron chi connectivity index (χ1n) is 5.66. The number of nitrogens with zero attached hydrogens (tertiary/aromatic N) is 2. The van der Waals surface area contributed by atoms with Crippen molar-refractivity contribution in [3.8, 4) is 5.88 Å². The van der Waals surface area contributed by atoms with Crippen LogP contribution < -0.4 is 10.1 Å². The molecule has 1 unspecified atom stereocenters. The average Bonchev–Trinajstić information content (AvgIpc) is 2.74. The van der Waals surface area contributed by atoms with Gasteiger partial charge in [0.15, 0.2) is 0 Å². The van der Waals surface area contributed by atoms with E-state index in [0.29, 0.717) is 5.88 Å². The largest absolute Gasteiger partial charge is 0.481 e. The molecule has 4 nitrogen and oxygen atoms in total. The van der Waals surface area contributed by atoms with Crippen LogP contribution in [0.15, 0.2) is 30.3 Å². The van der Waals surface area contributed by atoms with Gasteiger partial charge in [-0.15, -0.1) is 0 Å². The van der Waals surface area contributed by atoms with Crippen LogP contribution in [0.4, 0.5) is 4.39 Å². The van der Waals surface area contributed by atoms with Crippen molar-refractivity contribution in [1.82, 2.24) is 15.1 Å². The molecule has 5 heteroatoms. The lowest BCUT2D eigenvalue weighted by atomic mass is 10.0. The maximum absolute atomic E-state index is 12.9. The van der Waals surface area contributed by atoms with Crippen molar-refractivity contribution in [2.24, 2.45) is 7.05 Å². The summed E-state index contributed by atoms with van der Waals surface area (Å²) in [7, 11) is 5.27. The fourth-order valence-corrected chi connectivity index (χ4v) is 1.94. The third-order valence-electron chi connectivity index (χ3n) is 2.85. The zero-order valence-electron chi connectivity index (χ0n) is 10.6. The molecular weight excluding hydrogens is 233 g/mol. The van der Waals surface area contributed by atoms with Gasteiger partial charge < -0.3 is 10.1 Å². The van der Waals surface area contributed by atoms with E-state index in [4.69, 9.17) is 4.74 Å². The third kappa shape index (κ3) is 2.36. The number of aryl methyl sites for hydroxylation is 1. The number of aromatic nitrogens is 2. The van der Waals surface area contributed by atoms with E-state index >= 15 is 0 Å². The average molecular weight is 249 g/mol. The van der Waals surface area contributed by atoms with E-state index in [1.165, 1.54) is 12.1 Å². The minimum atomic E-state index is -0.243. The quantitative estimate of drug-likeness (QED) is 0.899. The van der Waals surface area contributed by atoms with E-state index in [1.54, 1.807) is 23.9 Å². The monoisotopic (exact) mass is 249 g/mol. The molecule has 1 aromatic carbocycles. The van der Waals surface area contributed by atoms with Crippen LogP contribution in [-0.4, -0.2) is 23.9 Å². The molecule has 18 heavy (non-hydrogen) atoms. The molecule has 96 valence electrons. The molecule has 0 amide bonds. The van der Waals surface area contributed by atoms with Gasteiger partial charge in [-0.1, -0.05) is 12.1 Å². The molecule has 0 spiro atoms.